The second kappa shape index (κ2) is 6.33. The van der Waals surface area contributed by atoms with E-state index in [0.29, 0.717) is 12.2 Å². The van der Waals surface area contributed by atoms with Gasteiger partial charge in [0.05, 0.1) is 5.69 Å². The van der Waals surface area contributed by atoms with Gasteiger partial charge in [0.25, 0.3) is 0 Å². The van der Waals surface area contributed by atoms with Crippen molar-refractivity contribution in [2.45, 2.75) is 39.0 Å². The van der Waals surface area contributed by atoms with Gasteiger partial charge in [-0.1, -0.05) is 50.3 Å². The van der Waals surface area contributed by atoms with Crippen molar-refractivity contribution in [1.29, 1.82) is 0 Å². The highest BCUT2D eigenvalue weighted by atomic mass is 15.5. The van der Waals surface area contributed by atoms with Gasteiger partial charge in [0.2, 0.25) is 0 Å². The summed E-state index contributed by atoms with van der Waals surface area (Å²) in [6.07, 6.45) is 7.18. The molecule has 0 saturated heterocycles. The fourth-order valence-corrected chi connectivity index (χ4v) is 2.95. The van der Waals surface area contributed by atoms with Gasteiger partial charge < -0.3 is 4.40 Å². The highest BCUT2D eigenvalue weighted by Gasteiger charge is 2.15. The van der Waals surface area contributed by atoms with Gasteiger partial charge in [0.1, 0.15) is 5.69 Å². The molecule has 0 saturated carbocycles. The number of nitrogens with zero attached hydrogens (tertiary/aromatic N) is 6. The molecule has 3 aromatic heterocycles. The Hall–Kier alpha value is -3.09. The molecule has 7 nitrogen and oxygen atoms in total. The van der Waals surface area contributed by atoms with Crippen LogP contribution in [0.2, 0.25) is 0 Å². The molecule has 0 spiro atoms. The van der Waals surface area contributed by atoms with E-state index >= 15 is 0 Å². The second-order valence-corrected chi connectivity index (χ2v) is 7.39. The minimum atomic E-state index is 0.126. The van der Waals surface area contributed by atoms with Gasteiger partial charge in [-0.15, -0.1) is 10.2 Å². The molecule has 0 aliphatic heterocycles. The summed E-state index contributed by atoms with van der Waals surface area (Å²) in [5, 5.41) is 14.1. The van der Waals surface area contributed by atoms with E-state index in [1.165, 1.54) is 5.56 Å². The van der Waals surface area contributed by atoms with Crippen LogP contribution >= 0.6 is 0 Å². The highest BCUT2D eigenvalue weighted by Crippen LogP contribution is 2.27. The number of aromatic amines is 1. The van der Waals surface area contributed by atoms with Crippen LogP contribution in [0.4, 0.5) is 0 Å². The van der Waals surface area contributed by atoms with Crippen molar-refractivity contribution in [3.63, 3.8) is 0 Å². The van der Waals surface area contributed by atoms with Crippen molar-refractivity contribution < 1.29 is 0 Å². The molecular formula is C19H21N7. The number of aromatic nitrogens is 7. The van der Waals surface area contributed by atoms with Crippen LogP contribution in [0.5, 0.6) is 0 Å². The molecule has 0 unspecified atom stereocenters. The predicted octanol–water partition coefficient (Wildman–Crippen LogP) is 2.99. The van der Waals surface area contributed by atoms with E-state index < -0.39 is 0 Å². The predicted molar refractivity (Wildman–Crippen MR) is 98.7 cm³/mol. The van der Waals surface area contributed by atoms with Gasteiger partial charge in [-0.3, -0.25) is 0 Å². The fourth-order valence-electron chi connectivity index (χ4n) is 2.95. The summed E-state index contributed by atoms with van der Waals surface area (Å²) < 4.78 is 2.02. The molecule has 4 rings (SSSR count). The van der Waals surface area contributed by atoms with Crippen LogP contribution in [0.3, 0.4) is 0 Å². The number of aryl methyl sites for hydroxylation is 2. The Labute approximate surface area is 151 Å². The molecule has 132 valence electrons. The molecule has 1 aromatic carbocycles. The average molecular weight is 347 g/mol. The zero-order valence-corrected chi connectivity index (χ0v) is 15.1. The Kier molecular flexibility index (Phi) is 3.99. The Morgan fingerprint density at radius 3 is 2.58 bits per heavy atom. The Morgan fingerprint density at radius 1 is 1.08 bits per heavy atom. The number of tetrazole rings is 1. The van der Waals surface area contributed by atoms with E-state index in [4.69, 9.17) is 4.98 Å². The van der Waals surface area contributed by atoms with Crippen molar-refractivity contribution in [3.05, 3.63) is 59.9 Å². The minimum absolute atomic E-state index is 0.126. The van der Waals surface area contributed by atoms with Crippen LogP contribution in [0, 0.1) is 0 Å². The van der Waals surface area contributed by atoms with E-state index in [1.807, 2.05) is 16.8 Å². The number of rotatable bonds is 4. The quantitative estimate of drug-likeness (QED) is 0.613. The Balaban J connectivity index is 1.70. The maximum atomic E-state index is 4.87. The Bertz CT molecular complexity index is 1010. The molecule has 3 heterocycles. The zero-order chi connectivity index (χ0) is 18.1. The lowest BCUT2D eigenvalue weighted by atomic mass is 9.86. The molecule has 1 N–H and O–H groups in total. The van der Waals surface area contributed by atoms with Crippen LogP contribution < -0.4 is 0 Å². The fraction of sp³-hybridized carbons (Fsp3) is 0.316. The Morgan fingerprint density at radius 2 is 1.88 bits per heavy atom. The standard InChI is InChI=1S/C19H21N7/c1-19(2,3)14-6-4-13(5-7-14)17-18-20-10-11-26(18)12-15(21-17)8-9-16-22-24-25-23-16/h4-7,10-12H,8-9H2,1-3H3,(H,22,23,24,25). The monoisotopic (exact) mass is 347 g/mol. The van der Waals surface area contributed by atoms with Gasteiger partial charge in [0.15, 0.2) is 11.5 Å². The van der Waals surface area contributed by atoms with Crippen molar-refractivity contribution in [3.8, 4) is 11.3 Å². The summed E-state index contributed by atoms with van der Waals surface area (Å²) in [4.78, 5) is 9.34. The van der Waals surface area contributed by atoms with Crippen LogP contribution in [0.25, 0.3) is 16.9 Å². The summed E-state index contributed by atoms with van der Waals surface area (Å²) in [6.45, 7) is 6.64. The lowest BCUT2D eigenvalue weighted by Gasteiger charge is -2.19. The van der Waals surface area contributed by atoms with E-state index in [1.54, 1.807) is 6.20 Å². The lowest BCUT2D eigenvalue weighted by molar-refractivity contribution is 0.590. The molecule has 4 aromatic rings. The number of hydrogen-bond acceptors (Lipinski definition) is 5. The second-order valence-electron chi connectivity index (χ2n) is 7.39. The summed E-state index contributed by atoms with van der Waals surface area (Å²) in [5.74, 6) is 0.689. The summed E-state index contributed by atoms with van der Waals surface area (Å²) >= 11 is 0. The highest BCUT2D eigenvalue weighted by molar-refractivity contribution is 5.74. The number of imidazole rings is 1. The van der Waals surface area contributed by atoms with Crippen LogP contribution in [0.15, 0.2) is 42.9 Å². The number of nitrogens with one attached hydrogen (secondary N) is 1. The molecule has 0 bridgehead atoms. The largest absolute Gasteiger partial charge is 0.303 e. The molecule has 0 fully saturated rings. The first-order valence-electron chi connectivity index (χ1n) is 8.66. The first-order valence-corrected chi connectivity index (χ1v) is 8.66. The number of hydrogen-bond donors (Lipinski definition) is 1. The van der Waals surface area contributed by atoms with Gasteiger partial charge >= 0.3 is 0 Å². The van der Waals surface area contributed by atoms with E-state index in [9.17, 15) is 0 Å². The maximum Gasteiger partial charge on any atom is 0.174 e. The van der Waals surface area contributed by atoms with E-state index in [2.05, 4.69) is 70.6 Å². The van der Waals surface area contributed by atoms with Gasteiger partial charge in [-0.2, -0.15) is 5.21 Å². The summed E-state index contributed by atoms with van der Waals surface area (Å²) in [6, 6.07) is 8.59. The third kappa shape index (κ3) is 3.20. The summed E-state index contributed by atoms with van der Waals surface area (Å²) in [5.41, 5.74) is 5.21. The van der Waals surface area contributed by atoms with E-state index in [-0.39, 0.29) is 5.41 Å². The third-order valence-electron chi connectivity index (χ3n) is 4.44. The summed E-state index contributed by atoms with van der Waals surface area (Å²) in [7, 11) is 0. The molecule has 7 heteroatoms. The van der Waals surface area contributed by atoms with Gasteiger partial charge in [-0.25, -0.2) is 9.97 Å². The minimum Gasteiger partial charge on any atom is -0.303 e. The van der Waals surface area contributed by atoms with Crippen molar-refractivity contribution >= 4 is 5.65 Å². The molecular weight excluding hydrogens is 326 g/mol. The molecule has 0 radical (unpaired) electrons. The molecule has 0 aliphatic carbocycles. The van der Waals surface area contributed by atoms with Crippen molar-refractivity contribution in [1.82, 2.24) is 35.0 Å². The molecule has 0 atom stereocenters. The van der Waals surface area contributed by atoms with Crippen molar-refractivity contribution in [2.75, 3.05) is 0 Å². The average Bonchev–Trinajstić information content (AvgIpc) is 3.30. The number of H-pyrrole nitrogens is 1. The normalized spacial score (nSPS) is 12.0. The topological polar surface area (TPSA) is 84.6 Å². The third-order valence-corrected chi connectivity index (χ3v) is 4.44. The first kappa shape index (κ1) is 16.4. The van der Waals surface area contributed by atoms with Crippen LogP contribution in [-0.2, 0) is 18.3 Å². The first-order chi connectivity index (χ1) is 12.5. The van der Waals surface area contributed by atoms with Gasteiger partial charge in [0, 0.05) is 30.6 Å². The van der Waals surface area contributed by atoms with Crippen LogP contribution in [0.1, 0.15) is 37.9 Å². The number of fused-ring (bicyclic) bond motifs is 1. The van der Waals surface area contributed by atoms with E-state index in [0.717, 1.165) is 29.0 Å². The maximum absolute atomic E-state index is 4.87. The molecule has 0 aliphatic rings. The van der Waals surface area contributed by atoms with Crippen molar-refractivity contribution in [2.24, 2.45) is 0 Å². The lowest BCUT2D eigenvalue weighted by Crippen LogP contribution is -2.10. The van der Waals surface area contributed by atoms with Gasteiger partial charge in [-0.05, 0) is 17.4 Å². The number of benzene rings is 1. The zero-order valence-electron chi connectivity index (χ0n) is 15.1. The molecule has 0 amide bonds. The van der Waals surface area contributed by atoms with Crippen LogP contribution in [-0.4, -0.2) is 35.0 Å². The molecule has 26 heavy (non-hydrogen) atoms. The smallest absolute Gasteiger partial charge is 0.174 e. The SMILES string of the molecule is CC(C)(C)c1ccc(-c2nc(CCc3nn[nH]n3)cn3ccnc23)cc1.